The predicted molar refractivity (Wildman–Crippen MR) is 105 cm³/mol. The molecule has 2 aromatic carbocycles. The van der Waals surface area contributed by atoms with E-state index in [2.05, 4.69) is 25.9 Å². The number of hydrogen-bond acceptors (Lipinski definition) is 4. The molecule has 1 aromatic heterocycles. The largest absolute Gasteiger partial charge is 0.370 e. The average Bonchev–Trinajstić information content (AvgIpc) is 2.63. The molecule has 132 valence electrons. The Kier molecular flexibility index (Phi) is 5.43. The zero-order chi connectivity index (χ0) is 18.4. The van der Waals surface area contributed by atoms with E-state index >= 15 is 0 Å². The molecular weight excluding hydrogens is 326 g/mol. The summed E-state index contributed by atoms with van der Waals surface area (Å²) < 4.78 is 0. The molecule has 6 heteroatoms. The molecule has 6 nitrogen and oxygen atoms in total. The van der Waals surface area contributed by atoms with Crippen LogP contribution in [0.25, 0.3) is 11.1 Å². The number of rotatable bonds is 5. The van der Waals surface area contributed by atoms with Gasteiger partial charge in [0.15, 0.2) is 0 Å². The fourth-order valence-electron chi connectivity index (χ4n) is 2.54. The first-order valence-electron chi connectivity index (χ1n) is 8.47. The first kappa shape index (κ1) is 17.4. The fraction of sp³-hybridized carbons (Fsp3) is 0.150. The third-order valence-electron chi connectivity index (χ3n) is 3.69. The molecule has 0 aliphatic rings. The number of anilines is 3. The molecule has 0 aliphatic carbocycles. The summed E-state index contributed by atoms with van der Waals surface area (Å²) in [6.45, 7) is 4.58. The molecule has 1 heterocycles. The summed E-state index contributed by atoms with van der Waals surface area (Å²) in [7, 11) is 0. The van der Waals surface area contributed by atoms with E-state index in [1.807, 2.05) is 74.5 Å². The van der Waals surface area contributed by atoms with Crippen molar-refractivity contribution in [2.24, 2.45) is 0 Å². The van der Waals surface area contributed by atoms with Crippen LogP contribution in [0.5, 0.6) is 0 Å². The minimum atomic E-state index is -0.384. The van der Waals surface area contributed by atoms with Gasteiger partial charge in [0.25, 0.3) is 0 Å². The van der Waals surface area contributed by atoms with Crippen LogP contribution in [-0.2, 0) is 0 Å². The number of urea groups is 1. The Labute approximate surface area is 152 Å². The van der Waals surface area contributed by atoms with Crippen molar-refractivity contribution in [2.75, 3.05) is 22.5 Å². The number of benzene rings is 2. The molecule has 0 fully saturated rings. The van der Waals surface area contributed by atoms with E-state index in [4.69, 9.17) is 0 Å². The summed E-state index contributed by atoms with van der Waals surface area (Å²) >= 11 is 0. The Bertz CT molecular complexity index is 878. The van der Waals surface area contributed by atoms with Gasteiger partial charge in [0, 0.05) is 24.0 Å². The summed E-state index contributed by atoms with van der Waals surface area (Å²) in [6.07, 6.45) is 0. The number of aryl methyl sites for hydroxylation is 1. The van der Waals surface area contributed by atoms with Crippen molar-refractivity contribution in [3.05, 3.63) is 66.4 Å². The maximum absolute atomic E-state index is 12.2. The SMILES string of the molecule is CCNc1cc(C)nc(NC(=O)Nc2ccc(-c3ccccc3)cc2)n1. The van der Waals surface area contributed by atoms with Gasteiger partial charge in [-0.15, -0.1) is 0 Å². The van der Waals surface area contributed by atoms with Gasteiger partial charge < -0.3 is 10.6 Å². The van der Waals surface area contributed by atoms with E-state index in [1.54, 1.807) is 0 Å². The lowest BCUT2D eigenvalue weighted by atomic mass is 10.1. The number of carbonyl (C=O) groups excluding carboxylic acids is 1. The van der Waals surface area contributed by atoms with Crippen LogP contribution in [0.15, 0.2) is 60.7 Å². The zero-order valence-corrected chi connectivity index (χ0v) is 14.8. The molecule has 0 aliphatic heterocycles. The first-order valence-corrected chi connectivity index (χ1v) is 8.47. The van der Waals surface area contributed by atoms with Gasteiger partial charge in [-0.3, -0.25) is 5.32 Å². The molecule has 0 unspecified atom stereocenters. The van der Waals surface area contributed by atoms with Crippen LogP contribution in [0.3, 0.4) is 0 Å². The van der Waals surface area contributed by atoms with Crippen LogP contribution in [0.4, 0.5) is 22.2 Å². The van der Waals surface area contributed by atoms with Crippen molar-refractivity contribution < 1.29 is 4.79 Å². The Morgan fingerprint density at radius 2 is 1.62 bits per heavy atom. The monoisotopic (exact) mass is 347 g/mol. The minimum Gasteiger partial charge on any atom is -0.370 e. The third-order valence-corrected chi connectivity index (χ3v) is 3.69. The maximum Gasteiger partial charge on any atom is 0.326 e. The second kappa shape index (κ2) is 8.11. The smallest absolute Gasteiger partial charge is 0.326 e. The molecule has 0 radical (unpaired) electrons. The van der Waals surface area contributed by atoms with Crippen molar-refractivity contribution in [1.82, 2.24) is 9.97 Å². The normalized spacial score (nSPS) is 10.2. The van der Waals surface area contributed by atoms with Crippen LogP contribution in [0.1, 0.15) is 12.6 Å². The molecular formula is C20H21N5O. The molecule has 0 atom stereocenters. The highest BCUT2D eigenvalue weighted by molar-refractivity contribution is 5.98. The second-order valence-electron chi connectivity index (χ2n) is 5.77. The van der Waals surface area contributed by atoms with Gasteiger partial charge in [0.2, 0.25) is 5.95 Å². The first-order chi connectivity index (χ1) is 12.6. The summed E-state index contributed by atoms with van der Waals surface area (Å²) in [5.74, 6) is 0.946. The lowest BCUT2D eigenvalue weighted by molar-refractivity contribution is 0.262. The summed E-state index contributed by atoms with van der Waals surface area (Å²) in [6, 6.07) is 19.2. The summed E-state index contributed by atoms with van der Waals surface area (Å²) in [5.41, 5.74) is 3.70. The van der Waals surface area contributed by atoms with E-state index in [0.717, 1.165) is 23.4 Å². The van der Waals surface area contributed by atoms with E-state index in [9.17, 15) is 4.79 Å². The van der Waals surface area contributed by atoms with E-state index < -0.39 is 0 Å². The lowest BCUT2D eigenvalue weighted by Gasteiger charge is -2.10. The number of aromatic nitrogens is 2. The molecule has 2 amide bonds. The van der Waals surface area contributed by atoms with Gasteiger partial charge in [-0.2, -0.15) is 4.98 Å². The predicted octanol–water partition coefficient (Wildman–Crippen LogP) is 4.53. The summed E-state index contributed by atoms with van der Waals surface area (Å²) in [4.78, 5) is 20.7. The van der Waals surface area contributed by atoms with Crippen molar-refractivity contribution >= 4 is 23.5 Å². The number of nitrogens with zero attached hydrogens (tertiary/aromatic N) is 2. The molecule has 3 aromatic rings. The Balaban J connectivity index is 1.65. The number of hydrogen-bond donors (Lipinski definition) is 3. The van der Waals surface area contributed by atoms with Crippen LogP contribution >= 0.6 is 0 Å². The van der Waals surface area contributed by atoms with Gasteiger partial charge in [0.1, 0.15) is 5.82 Å². The molecule has 3 N–H and O–H groups in total. The standard InChI is InChI=1S/C20H21N5O/c1-3-21-18-13-14(2)22-19(24-18)25-20(26)23-17-11-9-16(10-12-17)15-7-5-4-6-8-15/h4-13H,3H2,1-2H3,(H3,21,22,23,24,25,26). The van der Waals surface area contributed by atoms with E-state index in [-0.39, 0.29) is 12.0 Å². The Hall–Kier alpha value is -3.41. The second-order valence-corrected chi connectivity index (χ2v) is 5.77. The Morgan fingerprint density at radius 1 is 0.923 bits per heavy atom. The zero-order valence-electron chi connectivity index (χ0n) is 14.8. The van der Waals surface area contributed by atoms with E-state index in [1.165, 1.54) is 0 Å². The summed E-state index contributed by atoms with van der Waals surface area (Å²) in [5, 5.41) is 8.56. The van der Waals surface area contributed by atoms with Gasteiger partial charge in [-0.05, 0) is 37.1 Å². The van der Waals surface area contributed by atoms with Crippen LogP contribution < -0.4 is 16.0 Å². The van der Waals surface area contributed by atoms with Gasteiger partial charge >= 0.3 is 6.03 Å². The van der Waals surface area contributed by atoms with Crippen LogP contribution in [0, 0.1) is 6.92 Å². The van der Waals surface area contributed by atoms with Gasteiger partial charge in [-0.1, -0.05) is 42.5 Å². The highest BCUT2D eigenvalue weighted by Crippen LogP contribution is 2.21. The number of amides is 2. The third kappa shape index (κ3) is 4.57. The van der Waals surface area contributed by atoms with Crippen LogP contribution in [0.2, 0.25) is 0 Å². The fourth-order valence-corrected chi connectivity index (χ4v) is 2.54. The quantitative estimate of drug-likeness (QED) is 0.634. The van der Waals surface area contributed by atoms with Gasteiger partial charge in [-0.25, -0.2) is 9.78 Å². The van der Waals surface area contributed by atoms with Crippen molar-refractivity contribution in [1.29, 1.82) is 0 Å². The van der Waals surface area contributed by atoms with Gasteiger partial charge in [0.05, 0.1) is 0 Å². The molecule has 26 heavy (non-hydrogen) atoms. The highest BCUT2D eigenvalue weighted by Gasteiger charge is 2.07. The number of carbonyl (C=O) groups is 1. The van der Waals surface area contributed by atoms with E-state index in [0.29, 0.717) is 11.5 Å². The molecule has 3 rings (SSSR count). The number of nitrogens with one attached hydrogen (secondary N) is 3. The minimum absolute atomic E-state index is 0.263. The molecule has 0 saturated carbocycles. The highest BCUT2D eigenvalue weighted by atomic mass is 16.2. The van der Waals surface area contributed by atoms with Crippen molar-refractivity contribution in [3.63, 3.8) is 0 Å². The van der Waals surface area contributed by atoms with Crippen molar-refractivity contribution in [2.45, 2.75) is 13.8 Å². The molecule has 0 spiro atoms. The molecule has 0 saturated heterocycles. The lowest BCUT2D eigenvalue weighted by Crippen LogP contribution is -2.21. The topological polar surface area (TPSA) is 78.9 Å². The molecule has 0 bridgehead atoms. The van der Waals surface area contributed by atoms with Crippen LogP contribution in [-0.4, -0.2) is 22.5 Å². The maximum atomic E-state index is 12.2. The average molecular weight is 347 g/mol. The Morgan fingerprint density at radius 3 is 2.31 bits per heavy atom. The van der Waals surface area contributed by atoms with Crippen molar-refractivity contribution in [3.8, 4) is 11.1 Å².